The Morgan fingerprint density at radius 3 is 2.66 bits per heavy atom. The first-order valence-corrected chi connectivity index (χ1v) is 11.7. The van der Waals surface area contributed by atoms with E-state index in [4.69, 9.17) is 22.7 Å². The third-order valence-electron chi connectivity index (χ3n) is 5.13. The van der Waals surface area contributed by atoms with Gasteiger partial charge >= 0.3 is 0 Å². The molecule has 3 aromatic carbocycles. The zero-order valence-corrected chi connectivity index (χ0v) is 18.9. The SMILES string of the molecule is Cc1cc(CNS(=O)(=O)c2ccc3ccc(Cl)cc3c2)nn1Cc1cccc(C(=N)N)c1. The minimum Gasteiger partial charge on any atom is -0.384 e. The van der Waals surface area contributed by atoms with Crippen molar-refractivity contribution in [1.29, 1.82) is 5.41 Å². The summed E-state index contributed by atoms with van der Waals surface area (Å²) in [6.45, 7) is 2.47. The van der Waals surface area contributed by atoms with Crippen LogP contribution in [0.5, 0.6) is 0 Å². The van der Waals surface area contributed by atoms with E-state index in [9.17, 15) is 8.42 Å². The van der Waals surface area contributed by atoms with Gasteiger partial charge in [0.05, 0.1) is 23.7 Å². The lowest BCUT2D eigenvalue weighted by atomic mass is 10.1. The topological polar surface area (TPSA) is 114 Å². The summed E-state index contributed by atoms with van der Waals surface area (Å²) in [5.74, 6) is 0.00935. The Kier molecular flexibility index (Phi) is 6.01. The van der Waals surface area contributed by atoms with Crippen LogP contribution in [0, 0.1) is 12.3 Å². The maximum atomic E-state index is 12.8. The Balaban J connectivity index is 1.49. The predicted molar refractivity (Wildman–Crippen MR) is 127 cm³/mol. The van der Waals surface area contributed by atoms with Gasteiger partial charge in [-0.1, -0.05) is 41.9 Å². The summed E-state index contributed by atoms with van der Waals surface area (Å²) in [5.41, 5.74) is 8.67. The highest BCUT2D eigenvalue weighted by atomic mass is 35.5. The zero-order chi connectivity index (χ0) is 22.9. The smallest absolute Gasteiger partial charge is 0.240 e. The van der Waals surface area contributed by atoms with E-state index in [-0.39, 0.29) is 17.3 Å². The summed E-state index contributed by atoms with van der Waals surface area (Å²) in [6, 6.07) is 19.5. The standard InChI is InChI=1S/C23H22ClN5O2S/c1-15-9-21(28-29(15)14-16-3-2-4-18(10-16)23(25)26)13-27-32(30,31)22-8-6-17-5-7-20(24)11-19(17)12-22/h2-12,27H,13-14H2,1H3,(H3,25,26). The van der Waals surface area contributed by atoms with Crippen LogP contribution in [-0.4, -0.2) is 24.0 Å². The largest absolute Gasteiger partial charge is 0.384 e. The Bertz CT molecular complexity index is 1430. The number of rotatable bonds is 7. The van der Waals surface area contributed by atoms with Crippen molar-refractivity contribution in [3.05, 3.63) is 94.3 Å². The summed E-state index contributed by atoms with van der Waals surface area (Å²) < 4.78 is 30.0. The minimum absolute atomic E-state index is 0.00935. The van der Waals surface area contributed by atoms with Gasteiger partial charge in [-0.2, -0.15) is 5.10 Å². The highest BCUT2D eigenvalue weighted by Gasteiger charge is 2.16. The molecule has 0 aliphatic heterocycles. The molecule has 0 saturated carbocycles. The summed E-state index contributed by atoms with van der Waals surface area (Å²) in [4.78, 5) is 0.171. The van der Waals surface area contributed by atoms with E-state index in [0.29, 0.717) is 22.8 Å². The monoisotopic (exact) mass is 467 g/mol. The van der Waals surface area contributed by atoms with E-state index in [2.05, 4.69) is 9.82 Å². The van der Waals surface area contributed by atoms with E-state index < -0.39 is 10.0 Å². The van der Waals surface area contributed by atoms with Crippen molar-refractivity contribution >= 4 is 38.2 Å². The number of hydrogen-bond acceptors (Lipinski definition) is 4. The van der Waals surface area contributed by atoms with Crippen molar-refractivity contribution < 1.29 is 8.42 Å². The fourth-order valence-corrected chi connectivity index (χ4v) is 4.66. The van der Waals surface area contributed by atoms with Crippen molar-refractivity contribution in [3.63, 3.8) is 0 Å². The number of nitrogens with one attached hydrogen (secondary N) is 2. The van der Waals surface area contributed by atoms with Crippen molar-refractivity contribution in [3.8, 4) is 0 Å². The molecule has 0 fully saturated rings. The van der Waals surface area contributed by atoms with Crippen LogP contribution in [0.4, 0.5) is 0 Å². The van der Waals surface area contributed by atoms with Crippen LogP contribution in [-0.2, 0) is 23.1 Å². The van der Waals surface area contributed by atoms with Crippen LogP contribution in [0.2, 0.25) is 5.02 Å². The third-order valence-corrected chi connectivity index (χ3v) is 6.76. The van der Waals surface area contributed by atoms with E-state index in [1.54, 1.807) is 41.1 Å². The number of aromatic nitrogens is 2. The molecule has 0 radical (unpaired) electrons. The van der Waals surface area contributed by atoms with Gasteiger partial charge < -0.3 is 5.73 Å². The number of sulfonamides is 1. The molecule has 0 spiro atoms. The normalized spacial score (nSPS) is 11.7. The Morgan fingerprint density at radius 2 is 1.88 bits per heavy atom. The number of aryl methyl sites for hydroxylation is 1. The molecular formula is C23H22ClN5O2S. The molecule has 0 aliphatic carbocycles. The molecule has 0 amide bonds. The Hall–Kier alpha value is -3.20. The Morgan fingerprint density at radius 1 is 1.09 bits per heavy atom. The second-order valence-electron chi connectivity index (χ2n) is 7.53. The van der Waals surface area contributed by atoms with Gasteiger partial charge in [0, 0.05) is 16.3 Å². The first-order chi connectivity index (χ1) is 15.2. The van der Waals surface area contributed by atoms with Gasteiger partial charge in [0.15, 0.2) is 0 Å². The molecular weight excluding hydrogens is 446 g/mol. The summed E-state index contributed by atoms with van der Waals surface area (Å²) in [6.07, 6.45) is 0. The van der Waals surface area contributed by atoms with Gasteiger partial charge in [0.25, 0.3) is 0 Å². The summed E-state index contributed by atoms with van der Waals surface area (Å²) >= 11 is 6.03. The molecule has 9 heteroatoms. The second-order valence-corrected chi connectivity index (χ2v) is 9.73. The fraction of sp³-hybridized carbons (Fsp3) is 0.130. The van der Waals surface area contributed by atoms with Crippen LogP contribution >= 0.6 is 11.6 Å². The molecule has 0 atom stereocenters. The molecule has 4 aromatic rings. The van der Waals surface area contributed by atoms with E-state index in [1.165, 1.54) is 0 Å². The minimum atomic E-state index is -3.72. The second kappa shape index (κ2) is 8.74. The van der Waals surface area contributed by atoms with Gasteiger partial charge in [-0.3, -0.25) is 10.1 Å². The average molecular weight is 468 g/mol. The maximum Gasteiger partial charge on any atom is 0.240 e. The highest BCUT2D eigenvalue weighted by Crippen LogP contribution is 2.23. The first kappa shape index (κ1) is 22.0. The molecule has 4 N–H and O–H groups in total. The number of hydrogen-bond donors (Lipinski definition) is 3. The quantitative estimate of drug-likeness (QED) is 0.283. The van der Waals surface area contributed by atoms with Crippen molar-refractivity contribution in [1.82, 2.24) is 14.5 Å². The molecule has 32 heavy (non-hydrogen) atoms. The Labute approximate surface area is 191 Å². The lowest BCUT2D eigenvalue weighted by molar-refractivity contribution is 0.578. The molecule has 164 valence electrons. The zero-order valence-electron chi connectivity index (χ0n) is 17.3. The summed E-state index contributed by atoms with van der Waals surface area (Å²) in [5, 5.41) is 14.3. The van der Waals surface area contributed by atoms with E-state index >= 15 is 0 Å². The summed E-state index contributed by atoms with van der Waals surface area (Å²) in [7, 11) is -3.72. The van der Waals surface area contributed by atoms with Gasteiger partial charge in [-0.15, -0.1) is 0 Å². The molecule has 7 nitrogen and oxygen atoms in total. The number of nitrogen functional groups attached to an aromatic ring is 1. The van der Waals surface area contributed by atoms with Crippen molar-refractivity contribution in [2.75, 3.05) is 0 Å². The molecule has 0 saturated heterocycles. The van der Waals surface area contributed by atoms with Crippen molar-refractivity contribution in [2.24, 2.45) is 5.73 Å². The molecule has 1 aromatic heterocycles. The van der Waals surface area contributed by atoms with Crippen LogP contribution in [0.25, 0.3) is 10.8 Å². The van der Waals surface area contributed by atoms with E-state index in [1.807, 2.05) is 37.3 Å². The third kappa shape index (κ3) is 4.83. The van der Waals surface area contributed by atoms with Crippen LogP contribution in [0.3, 0.4) is 0 Å². The number of fused-ring (bicyclic) bond motifs is 1. The molecule has 4 rings (SSSR count). The molecule has 1 heterocycles. The van der Waals surface area contributed by atoms with Crippen LogP contribution in [0.15, 0.2) is 71.6 Å². The highest BCUT2D eigenvalue weighted by molar-refractivity contribution is 7.89. The molecule has 0 unspecified atom stereocenters. The number of benzene rings is 3. The van der Waals surface area contributed by atoms with Gasteiger partial charge in [0.2, 0.25) is 10.0 Å². The number of nitrogens with two attached hydrogens (primary N) is 1. The van der Waals surface area contributed by atoms with Crippen molar-refractivity contribution in [2.45, 2.75) is 24.9 Å². The lowest BCUT2D eigenvalue weighted by Crippen LogP contribution is -2.23. The number of amidine groups is 1. The number of halogens is 1. The van der Waals surface area contributed by atoms with Gasteiger partial charge in [-0.05, 0) is 59.7 Å². The number of nitrogens with zero attached hydrogens (tertiary/aromatic N) is 2. The maximum absolute atomic E-state index is 12.8. The average Bonchev–Trinajstić information content (AvgIpc) is 3.11. The lowest BCUT2D eigenvalue weighted by Gasteiger charge is -2.08. The molecule has 0 aliphatic rings. The fourth-order valence-electron chi connectivity index (χ4n) is 3.45. The van der Waals surface area contributed by atoms with E-state index in [0.717, 1.165) is 22.0 Å². The molecule has 0 bridgehead atoms. The predicted octanol–water partition coefficient (Wildman–Crippen LogP) is 3.81. The van der Waals surface area contributed by atoms with Crippen LogP contribution < -0.4 is 10.5 Å². The van der Waals surface area contributed by atoms with Crippen LogP contribution in [0.1, 0.15) is 22.5 Å². The first-order valence-electron chi connectivity index (χ1n) is 9.87. The van der Waals surface area contributed by atoms with Gasteiger partial charge in [-0.25, -0.2) is 13.1 Å². The van der Waals surface area contributed by atoms with Gasteiger partial charge in [0.1, 0.15) is 5.84 Å².